The van der Waals surface area contributed by atoms with E-state index >= 15 is 0 Å². The first-order valence-corrected chi connectivity index (χ1v) is 7.68. The Labute approximate surface area is 126 Å². The highest BCUT2D eigenvalue weighted by atomic mass is 32.1. The molecule has 7 heteroatoms. The maximum absolute atomic E-state index is 5.17. The summed E-state index contributed by atoms with van der Waals surface area (Å²) in [5.74, 6) is 0.578. The minimum Gasteiger partial charge on any atom is -0.481 e. The lowest BCUT2D eigenvalue weighted by molar-refractivity contribution is 0.393. The molecule has 3 rings (SSSR count). The summed E-state index contributed by atoms with van der Waals surface area (Å²) in [7, 11) is 1.61. The Hall–Kier alpha value is -1.99. The number of aromatic nitrogens is 4. The molecule has 0 amide bonds. The average Bonchev–Trinajstić information content (AvgIpc) is 3.08. The maximum Gasteiger partial charge on any atom is 0.216 e. The van der Waals surface area contributed by atoms with E-state index in [9.17, 15) is 0 Å². The van der Waals surface area contributed by atoms with E-state index in [1.54, 1.807) is 18.4 Å². The molecule has 3 aromatic rings. The van der Waals surface area contributed by atoms with Crippen molar-refractivity contribution in [2.24, 2.45) is 0 Å². The molecule has 0 aliphatic rings. The molecule has 21 heavy (non-hydrogen) atoms. The summed E-state index contributed by atoms with van der Waals surface area (Å²) in [6.45, 7) is 2.94. The van der Waals surface area contributed by atoms with Gasteiger partial charge < -0.3 is 10.1 Å². The smallest absolute Gasteiger partial charge is 0.216 e. The molecule has 0 saturated carbocycles. The molecular weight excluding hydrogens is 286 g/mol. The molecule has 0 aromatic carbocycles. The first-order chi connectivity index (χ1) is 10.3. The second-order valence-corrected chi connectivity index (χ2v) is 5.50. The Kier molecular flexibility index (Phi) is 4.12. The van der Waals surface area contributed by atoms with Gasteiger partial charge in [-0.2, -0.15) is 0 Å². The van der Waals surface area contributed by atoms with Crippen molar-refractivity contribution in [3.8, 4) is 5.88 Å². The number of nitrogens with zero attached hydrogens (tertiary/aromatic N) is 4. The van der Waals surface area contributed by atoms with Crippen LogP contribution in [0, 0.1) is 0 Å². The van der Waals surface area contributed by atoms with Crippen LogP contribution in [0.1, 0.15) is 24.4 Å². The van der Waals surface area contributed by atoms with Crippen molar-refractivity contribution in [1.82, 2.24) is 24.7 Å². The summed E-state index contributed by atoms with van der Waals surface area (Å²) >= 11 is 1.64. The quantitative estimate of drug-likeness (QED) is 0.755. The Balaban J connectivity index is 1.84. The number of ether oxygens (including phenoxy) is 1. The molecule has 1 unspecified atom stereocenters. The summed E-state index contributed by atoms with van der Waals surface area (Å²) in [5.41, 5.74) is 1.96. The first-order valence-electron chi connectivity index (χ1n) is 6.80. The molecule has 0 fully saturated rings. The molecular formula is C14H17N5OS. The number of likely N-dealkylation sites (N-methyl/N-ethyl adjacent to an activating group) is 1. The summed E-state index contributed by atoms with van der Waals surface area (Å²) in [5, 5.41) is 5.47. The molecule has 110 valence electrons. The fraction of sp³-hybridized carbons (Fsp3) is 0.357. The number of methoxy groups -OCH3 is 1. The minimum atomic E-state index is 0.0940. The van der Waals surface area contributed by atoms with Gasteiger partial charge in [-0.3, -0.25) is 4.40 Å². The van der Waals surface area contributed by atoms with Crippen molar-refractivity contribution >= 4 is 16.3 Å². The number of imidazole rings is 1. The predicted molar refractivity (Wildman–Crippen MR) is 81.8 cm³/mol. The van der Waals surface area contributed by atoms with E-state index in [-0.39, 0.29) is 6.04 Å². The van der Waals surface area contributed by atoms with Crippen LogP contribution in [0.2, 0.25) is 0 Å². The van der Waals surface area contributed by atoms with E-state index in [1.165, 1.54) is 6.33 Å². The zero-order valence-corrected chi connectivity index (χ0v) is 12.8. The summed E-state index contributed by atoms with van der Waals surface area (Å²) < 4.78 is 7.22. The van der Waals surface area contributed by atoms with Crippen LogP contribution in [0.3, 0.4) is 0 Å². The van der Waals surface area contributed by atoms with E-state index in [0.29, 0.717) is 5.88 Å². The number of rotatable bonds is 6. The number of fused-ring (bicyclic) bond motifs is 1. The van der Waals surface area contributed by atoms with Crippen LogP contribution in [-0.2, 0) is 6.42 Å². The van der Waals surface area contributed by atoms with Crippen molar-refractivity contribution in [1.29, 1.82) is 0 Å². The lowest BCUT2D eigenvalue weighted by Gasteiger charge is -2.16. The van der Waals surface area contributed by atoms with Crippen molar-refractivity contribution in [2.45, 2.75) is 19.4 Å². The van der Waals surface area contributed by atoms with Crippen LogP contribution in [0.25, 0.3) is 4.96 Å². The zero-order valence-electron chi connectivity index (χ0n) is 12.0. The second-order valence-electron chi connectivity index (χ2n) is 4.62. The van der Waals surface area contributed by atoms with E-state index in [2.05, 4.69) is 33.4 Å². The first kappa shape index (κ1) is 14.0. The average molecular weight is 303 g/mol. The molecule has 3 aromatic heterocycles. The lowest BCUT2D eigenvalue weighted by Crippen LogP contribution is -2.24. The molecule has 3 heterocycles. The molecule has 0 aliphatic heterocycles. The third-order valence-corrected chi connectivity index (χ3v) is 4.01. The number of hydrogen-bond donors (Lipinski definition) is 1. The van der Waals surface area contributed by atoms with Gasteiger partial charge in [0.15, 0.2) is 4.96 Å². The molecule has 0 spiro atoms. The number of hydrogen-bond acceptors (Lipinski definition) is 6. The molecule has 6 nitrogen and oxygen atoms in total. The third kappa shape index (κ3) is 3.03. The van der Waals surface area contributed by atoms with Gasteiger partial charge in [-0.25, -0.2) is 15.0 Å². The molecule has 0 radical (unpaired) electrons. The minimum absolute atomic E-state index is 0.0940. The van der Waals surface area contributed by atoms with Gasteiger partial charge in [0.1, 0.15) is 6.33 Å². The Morgan fingerprint density at radius 2 is 2.33 bits per heavy atom. The van der Waals surface area contributed by atoms with Crippen LogP contribution >= 0.6 is 11.3 Å². The van der Waals surface area contributed by atoms with Crippen LogP contribution in [0.15, 0.2) is 30.2 Å². The van der Waals surface area contributed by atoms with E-state index in [1.807, 2.05) is 22.0 Å². The standard InChI is InChI=1S/C14H17N5OS/c1-3-15-11(12-7-13(20-2)17-9-16-12)6-10-8-19-4-5-21-14(19)18-10/h4-5,7-9,11,15H,3,6H2,1-2H3. The zero-order chi connectivity index (χ0) is 14.7. The van der Waals surface area contributed by atoms with Crippen molar-refractivity contribution < 1.29 is 4.74 Å². The molecule has 0 bridgehead atoms. The van der Waals surface area contributed by atoms with E-state index < -0.39 is 0 Å². The third-order valence-electron chi connectivity index (χ3n) is 3.24. The van der Waals surface area contributed by atoms with Gasteiger partial charge in [0.2, 0.25) is 5.88 Å². The largest absolute Gasteiger partial charge is 0.481 e. The molecule has 0 aliphatic carbocycles. The van der Waals surface area contributed by atoms with Gasteiger partial charge in [0.05, 0.1) is 24.5 Å². The number of nitrogens with one attached hydrogen (secondary N) is 1. The summed E-state index contributed by atoms with van der Waals surface area (Å²) in [4.78, 5) is 14.1. The highest BCUT2D eigenvalue weighted by Gasteiger charge is 2.16. The van der Waals surface area contributed by atoms with Gasteiger partial charge >= 0.3 is 0 Å². The fourth-order valence-corrected chi connectivity index (χ4v) is 2.99. The van der Waals surface area contributed by atoms with Crippen LogP contribution in [-0.4, -0.2) is 33.0 Å². The number of thiazole rings is 1. The predicted octanol–water partition coefficient (Wildman–Crippen LogP) is 2.09. The van der Waals surface area contributed by atoms with Gasteiger partial charge in [-0.15, -0.1) is 11.3 Å². The highest BCUT2D eigenvalue weighted by Crippen LogP contribution is 2.20. The summed E-state index contributed by atoms with van der Waals surface area (Å²) in [6, 6.07) is 1.96. The topological polar surface area (TPSA) is 64.3 Å². The van der Waals surface area contributed by atoms with E-state index in [4.69, 9.17) is 4.74 Å². The maximum atomic E-state index is 5.17. The van der Waals surface area contributed by atoms with Gasteiger partial charge in [0, 0.05) is 30.3 Å². The van der Waals surface area contributed by atoms with Crippen LogP contribution < -0.4 is 10.1 Å². The molecule has 0 saturated heterocycles. The van der Waals surface area contributed by atoms with Crippen LogP contribution in [0.5, 0.6) is 5.88 Å². The Morgan fingerprint density at radius 1 is 1.43 bits per heavy atom. The molecule has 1 N–H and O–H groups in total. The van der Waals surface area contributed by atoms with Crippen molar-refractivity contribution in [3.05, 3.63) is 41.6 Å². The highest BCUT2D eigenvalue weighted by molar-refractivity contribution is 7.15. The lowest BCUT2D eigenvalue weighted by atomic mass is 10.1. The molecule has 1 atom stereocenters. The van der Waals surface area contributed by atoms with E-state index in [0.717, 1.165) is 29.3 Å². The fourth-order valence-electron chi connectivity index (χ4n) is 2.27. The Bertz CT molecular complexity index is 694. The Morgan fingerprint density at radius 3 is 3.10 bits per heavy atom. The van der Waals surface area contributed by atoms with Gasteiger partial charge in [-0.1, -0.05) is 6.92 Å². The summed E-state index contributed by atoms with van der Waals surface area (Å²) in [6.07, 6.45) is 6.40. The van der Waals surface area contributed by atoms with Gasteiger partial charge in [0.25, 0.3) is 0 Å². The SMILES string of the molecule is CCNC(Cc1cn2ccsc2n1)c1cc(OC)ncn1. The van der Waals surface area contributed by atoms with Gasteiger partial charge in [-0.05, 0) is 6.54 Å². The van der Waals surface area contributed by atoms with Crippen molar-refractivity contribution in [3.63, 3.8) is 0 Å². The second kappa shape index (κ2) is 6.19. The normalized spacial score (nSPS) is 12.7. The van der Waals surface area contributed by atoms with Crippen LogP contribution in [0.4, 0.5) is 0 Å². The van der Waals surface area contributed by atoms with Crippen molar-refractivity contribution in [2.75, 3.05) is 13.7 Å². The monoisotopic (exact) mass is 303 g/mol.